The minimum Gasteiger partial charge on any atom is -0.490 e. The van der Waals surface area contributed by atoms with Crippen molar-refractivity contribution in [2.75, 3.05) is 19.8 Å². The monoisotopic (exact) mass is 326 g/mol. The number of unbranched alkanes of at least 4 members (excludes halogenated alkanes) is 1. The first-order valence-corrected chi connectivity index (χ1v) is 8.58. The van der Waals surface area contributed by atoms with Crippen molar-refractivity contribution < 1.29 is 17.9 Å². The molecule has 0 amide bonds. The third-order valence-electron chi connectivity index (χ3n) is 2.30. The third-order valence-corrected chi connectivity index (χ3v) is 3.87. The van der Waals surface area contributed by atoms with Crippen molar-refractivity contribution in [1.82, 2.24) is 0 Å². The third kappa shape index (κ3) is 5.99. The summed E-state index contributed by atoms with van der Waals surface area (Å²) in [6, 6.07) is 4.28. The van der Waals surface area contributed by atoms with Crippen LogP contribution in [0.2, 0.25) is 5.02 Å². The number of benzene rings is 1. The van der Waals surface area contributed by atoms with Gasteiger partial charge in [-0.15, -0.1) is 0 Å². The molecule has 4 nitrogen and oxygen atoms in total. The molecule has 0 unspecified atom stereocenters. The van der Waals surface area contributed by atoms with Crippen LogP contribution in [0.15, 0.2) is 23.1 Å². The van der Waals surface area contributed by atoms with Crippen LogP contribution in [0, 0.1) is 0 Å². The zero-order chi connectivity index (χ0) is 14.3. The quantitative estimate of drug-likeness (QED) is 0.542. The van der Waals surface area contributed by atoms with Crippen molar-refractivity contribution in [2.24, 2.45) is 0 Å². The Morgan fingerprint density at radius 1 is 1.21 bits per heavy atom. The molecule has 0 spiro atoms. The smallest absolute Gasteiger partial charge is 0.265 e. The Balaban J connectivity index is 2.59. The molecule has 7 heteroatoms. The fourth-order valence-electron chi connectivity index (χ4n) is 1.35. The van der Waals surface area contributed by atoms with E-state index >= 15 is 0 Å². The van der Waals surface area contributed by atoms with Gasteiger partial charge >= 0.3 is 0 Å². The lowest BCUT2D eigenvalue weighted by Gasteiger charge is -2.10. The van der Waals surface area contributed by atoms with Crippen LogP contribution >= 0.6 is 22.3 Å². The molecular formula is C12H16Cl2O4S. The van der Waals surface area contributed by atoms with Crippen molar-refractivity contribution in [3.05, 3.63) is 23.2 Å². The normalized spacial score (nSPS) is 11.5. The van der Waals surface area contributed by atoms with Gasteiger partial charge < -0.3 is 9.47 Å². The van der Waals surface area contributed by atoms with E-state index in [2.05, 4.69) is 6.92 Å². The molecule has 0 aromatic heterocycles. The zero-order valence-electron chi connectivity index (χ0n) is 10.6. The Morgan fingerprint density at radius 2 is 1.95 bits per heavy atom. The topological polar surface area (TPSA) is 52.6 Å². The Kier molecular flexibility index (Phi) is 6.93. The van der Waals surface area contributed by atoms with Gasteiger partial charge in [-0.2, -0.15) is 0 Å². The molecule has 0 N–H and O–H groups in total. The predicted octanol–water partition coefficient (Wildman–Crippen LogP) is 3.46. The summed E-state index contributed by atoms with van der Waals surface area (Å²) in [7, 11) is 1.43. The molecule has 0 saturated heterocycles. The Labute approximate surface area is 123 Å². The van der Waals surface area contributed by atoms with Crippen LogP contribution in [0.4, 0.5) is 0 Å². The summed E-state index contributed by atoms with van der Waals surface area (Å²) >= 11 is 5.74. The van der Waals surface area contributed by atoms with Gasteiger partial charge in [-0.25, -0.2) is 8.42 Å². The van der Waals surface area contributed by atoms with E-state index in [0.717, 1.165) is 12.8 Å². The van der Waals surface area contributed by atoms with E-state index < -0.39 is 9.05 Å². The highest BCUT2D eigenvalue weighted by Crippen LogP contribution is 2.29. The SMILES string of the molecule is CCCCOCCOc1ccc(Cl)cc1S(=O)(=O)Cl. The molecule has 0 radical (unpaired) electrons. The number of ether oxygens (including phenoxy) is 2. The van der Waals surface area contributed by atoms with Crippen LogP contribution in [0.1, 0.15) is 19.8 Å². The molecule has 0 bridgehead atoms. The fraction of sp³-hybridized carbons (Fsp3) is 0.500. The number of hydrogen-bond acceptors (Lipinski definition) is 4. The van der Waals surface area contributed by atoms with Crippen LogP contribution < -0.4 is 4.74 Å². The van der Waals surface area contributed by atoms with Crippen LogP contribution in [0.5, 0.6) is 5.75 Å². The molecule has 0 heterocycles. The van der Waals surface area contributed by atoms with Gasteiger partial charge in [0, 0.05) is 22.3 Å². The molecular weight excluding hydrogens is 311 g/mol. The molecule has 0 aliphatic heterocycles. The molecule has 0 aliphatic rings. The number of rotatable bonds is 8. The van der Waals surface area contributed by atoms with Gasteiger partial charge in [-0.05, 0) is 24.6 Å². The van der Waals surface area contributed by atoms with Gasteiger partial charge in [0.05, 0.1) is 6.61 Å². The van der Waals surface area contributed by atoms with Crippen molar-refractivity contribution in [3.8, 4) is 5.75 Å². The standard InChI is InChI=1S/C12H16Cl2O4S/c1-2-3-6-17-7-8-18-11-5-4-10(13)9-12(11)19(14,15)16/h4-5,9H,2-3,6-8H2,1H3. The van der Waals surface area contributed by atoms with Gasteiger partial charge in [0.2, 0.25) is 0 Å². The molecule has 1 rings (SSSR count). The molecule has 0 saturated carbocycles. The highest BCUT2D eigenvalue weighted by Gasteiger charge is 2.17. The van der Waals surface area contributed by atoms with Crippen LogP contribution in [-0.2, 0) is 13.8 Å². The first kappa shape index (κ1) is 16.6. The van der Waals surface area contributed by atoms with E-state index in [1.807, 2.05) is 0 Å². The van der Waals surface area contributed by atoms with E-state index in [9.17, 15) is 8.42 Å². The molecule has 19 heavy (non-hydrogen) atoms. The predicted molar refractivity (Wildman–Crippen MR) is 75.7 cm³/mol. The molecule has 1 aromatic rings. The van der Waals surface area contributed by atoms with E-state index in [1.54, 1.807) is 6.07 Å². The van der Waals surface area contributed by atoms with Crippen molar-refractivity contribution in [3.63, 3.8) is 0 Å². The van der Waals surface area contributed by atoms with Crippen LogP contribution in [0.3, 0.4) is 0 Å². The average molecular weight is 327 g/mol. The highest BCUT2D eigenvalue weighted by molar-refractivity contribution is 8.13. The van der Waals surface area contributed by atoms with Crippen molar-refractivity contribution in [1.29, 1.82) is 0 Å². The first-order chi connectivity index (χ1) is 8.95. The van der Waals surface area contributed by atoms with Gasteiger partial charge in [-0.1, -0.05) is 24.9 Å². The summed E-state index contributed by atoms with van der Waals surface area (Å²) in [4.78, 5) is -0.129. The lowest BCUT2D eigenvalue weighted by atomic mass is 10.3. The second-order valence-corrected chi connectivity index (χ2v) is 6.81. The summed E-state index contributed by atoms with van der Waals surface area (Å²) in [6.07, 6.45) is 2.05. The molecule has 108 valence electrons. The largest absolute Gasteiger partial charge is 0.490 e. The summed E-state index contributed by atoms with van der Waals surface area (Å²) in [5.41, 5.74) is 0. The van der Waals surface area contributed by atoms with E-state index in [-0.39, 0.29) is 22.3 Å². The van der Waals surface area contributed by atoms with Crippen molar-refractivity contribution in [2.45, 2.75) is 24.7 Å². The maximum atomic E-state index is 11.4. The Morgan fingerprint density at radius 3 is 2.58 bits per heavy atom. The molecule has 0 atom stereocenters. The first-order valence-electron chi connectivity index (χ1n) is 5.90. The second-order valence-electron chi connectivity index (χ2n) is 3.84. The van der Waals surface area contributed by atoms with Gasteiger partial charge in [-0.3, -0.25) is 0 Å². The second kappa shape index (κ2) is 7.94. The fourth-order valence-corrected chi connectivity index (χ4v) is 2.58. The number of halogens is 2. The average Bonchev–Trinajstić information content (AvgIpc) is 2.34. The Hall–Kier alpha value is -0.490. The summed E-state index contributed by atoms with van der Waals surface area (Å²) in [5.74, 6) is 0.179. The molecule has 1 aromatic carbocycles. The van der Waals surface area contributed by atoms with Crippen LogP contribution in [0.25, 0.3) is 0 Å². The lowest BCUT2D eigenvalue weighted by molar-refractivity contribution is 0.0971. The van der Waals surface area contributed by atoms with Crippen molar-refractivity contribution >= 4 is 31.3 Å². The lowest BCUT2D eigenvalue weighted by Crippen LogP contribution is -2.09. The summed E-state index contributed by atoms with van der Waals surface area (Å²) in [6.45, 7) is 3.39. The number of hydrogen-bond donors (Lipinski definition) is 0. The minimum absolute atomic E-state index is 0.129. The van der Waals surface area contributed by atoms with E-state index in [0.29, 0.717) is 13.2 Å². The van der Waals surface area contributed by atoms with Crippen LogP contribution in [-0.4, -0.2) is 28.2 Å². The van der Waals surface area contributed by atoms with Gasteiger partial charge in [0.25, 0.3) is 9.05 Å². The highest BCUT2D eigenvalue weighted by atomic mass is 35.7. The Bertz CT molecular complexity index is 502. The van der Waals surface area contributed by atoms with Gasteiger partial charge in [0.15, 0.2) is 0 Å². The van der Waals surface area contributed by atoms with Gasteiger partial charge in [0.1, 0.15) is 17.3 Å². The molecule has 0 aliphatic carbocycles. The maximum Gasteiger partial charge on any atom is 0.265 e. The minimum atomic E-state index is -3.89. The zero-order valence-corrected chi connectivity index (χ0v) is 12.9. The maximum absolute atomic E-state index is 11.4. The van der Waals surface area contributed by atoms with E-state index in [4.69, 9.17) is 31.8 Å². The molecule has 0 fully saturated rings. The summed E-state index contributed by atoms with van der Waals surface area (Å²) < 4.78 is 33.4. The summed E-state index contributed by atoms with van der Waals surface area (Å²) in [5, 5.41) is 0.283. The van der Waals surface area contributed by atoms with E-state index in [1.165, 1.54) is 12.1 Å².